The van der Waals surface area contributed by atoms with E-state index in [1.807, 2.05) is 23.1 Å². The van der Waals surface area contributed by atoms with Gasteiger partial charge in [-0.15, -0.1) is 11.3 Å². The van der Waals surface area contributed by atoms with Crippen molar-refractivity contribution in [3.05, 3.63) is 52.4 Å². The summed E-state index contributed by atoms with van der Waals surface area (Å²) < 4.78 is 17.5. The van der Waals surface area contributed by atoms with Crippen LogP contribution >= 0.6 is 11.3 Å². The molecule has 0 N–H and O–H groups in total. The first-order chi connectivity index (χ1) is 15.1. The van der Waals surface area contributed by atoms with Crippen molar-refractivity contribution < 1.29 is 19.0 Å². The molecule has 0 atom stereocenters. The Balaban J connectivity index is 1.12. The smallest absolute Gasteiger partial charge is 0.254 e. The van der Waals surface area contributed by atoms with Crippen LogP contribution in [0, 0.1) is 0 Å². The number of benzene rings is 2. The van der Waals surface area contributed by atoms with Crippen LogP contribution in [0.3, 0.4) is 0 Å². The molecule has 2 aromatic carbocycles. The Hall–Kier alpha value is -2.77. The Morgan fingerprint density at radius 1 is 1.16 bits per heavy atom. The van der Waals surface area contributed by atoms with Gasteiger partial charge in [0.05, 0.1) is 7.11 Å². The molecule has 3 aromatic rings. The molecular formula is C24H26N2O4S. The molecule has 0 saturated carbocycles. The average Bonchev–Trinajstić information content (AvgIpc) is 3.48. The van der Waals surface area contributed by atoms with Gasteiger partial charge < -0.3 is 24.0 Å². The van der Waals surface area contributed by atoms with Gasteiger partial charge in [0.15, 0.2) is 11.5 Å². The highest BCUT2D eigenvalue weighted by Gasteiger charge is 2.30. The third-order valence-corrected chi connectivity index (χ3v) is 7.08. The SMILES string of the molecule is COc1ccc2scc(CCN(C)CCCN3Cc4cc5c(cc4C3=O)OCO5)c2c1. The van der Waals surface area contributed by atoms with Crippen molar-refractivity contribution in [2.45, 2.75) is 19.4 Å². The van der Waals surface area contributed by atoms with Crippen LogP contribution in [-0.2, 0) is 13.0 Å². The summed E-state index contributed by atoms with van der Waals surface area (Å²) in [6, 6.07) is 10.0. The molecule has 5 rings (SSSR count). The molecule has 2 aliphatic heterocycles. The summed E-state index contributed by atoms with van der Waals surface area (Å²) in [5.41, 5.74) is 3.15. The van der Waals surface area contributed by atoms with Crippen molar-refractivity contribution in [3.63, 3.8) is 0 Å². The van der Waals surface area contributed by atoms with E-state index in [1.54, 1.807) is 18.4 Å². The highest BCUT2D eigenvalue weighted by molar-refractivity contribution is 7.17. The zero-order chi connectivity index (χ0) is 21.4. The largest absolute Gasteiger partial charge is 0.497 e. The van der Waals surface area contributed by atoms with Crippen LogP contribution in [0.5, 0.6) is 17.2 Å². The minimum absolute atomic E-state index is 0.0923. The van der Waals surface area contributed by atoms with Gasteiger partial charge in [-0.25, -0.2) is 0 Å². The first-order valence-electron chi connectivity index (χ1n) is 10.6. The van der Waals surface area contributed by atoms with E-state index in [1.165, 1.54) is 15.6 Å². The molecule has 0 aliphatic carbocycles. The Bertz CT molecular complexity index is 1130. The molecule has 7 heteroatoms. The third-order valence-electron chi connectivity index (χ3n) is 6.07. The molecule has 3 heterocycles. The first kappa shape index (κ1) is 20.2. The number of thiophene rings is 1. The van der Waals surface area contributed by atoms with E-state index < -0.39 is 0 Å². The quantitative estimate of drug-likeness (QED) is 0.529. The summed E-state index contributed by atoms with van der Waals surface area (Å²) in [6.07, 6.45) is 1.95. The van der Waals surface area contributed by atoms with Gasteiger partial charge in [-0.2, -0.15) is 0 Å². The predicted molar refractivity (Wildman–Crippen MR) is 122 cm³/mol. The molecule has 1 aromatic heterocycles. The minimum Gasteiger partial charge on any atom is -0.497 e. The number of fused-ring (bicyclic) bond motifs is 3. The second-order valence-electron chi connectivity index (χ2n) is 8.12. The number of likely N-dealkylation sites (N-methyl/N-ethyl adjacent to an activating group) is 1. The number of carbonyl (C=O) groups is 1. The summed E-state index contributed by atoms with van der Waals surface area (Å²) in [7, 11) is 3.86. The van der Waals surface area contributed by atoms with E-state index in [-0.39, 0.29) is 12.7 Å². The van der Waals surface area contributed by atoms with Crippen LogP contribution in [0.25, 0.3) is 10.1 Å². The monoisotopic (exact) mass is 438 g/mol. The molecule has 1 amide bonds. The zero-order valence-electron chi connectivity index (χ0n) is 17.8. The fourth-order valence-electron chi connectivity index (χ4n) is 4.28. The number of hydrogen-bond donors (Lipinski definition) is 0. The van der Waals surface area contributed by atoms with Crippen LogP contribution in [0.2, 0.25) is 0 Å². The van der Waals surface area contributed by atoms with E-state index in [2.05, 4.69) is 29.5 Å². The molecule has 2 aliphatic rings. The van der Waals surface area contributed by atoms with Crippen LogP contribution in [0.15, 0.2) is 35.7 Å². The third kappa shape index (κ3) is 3.95. The molecule has 6 nitrogen and oxygen atoms in total. The normalized spacial score (nSPS) is 14.7. The van der Waals surface area contributed by atoms with Gasteiger partial charge in [0.1, 0.15) is 5.75 Å². The molecule has 162 valence electrons. The molecule has 31 heavy (non-hydrogen) atoms. The summed E-state index contributed by atoms with van der Waals surface area (Å²) >= 11 is 1.79. The lowest BCUT2D eigenvalue weighted by molar-refractivity contribution is 0.0771. The molecule has 0 bridgehead atoms. The summed E-state index contributed by atoms with van der Waals surface area (Å²) in [4.78, 5) is 17.0. The maximum absolute atomic E-state index is 12.7. The number of methoxy groups -OCH3 is 1. The van der Waals surface area contributed by atoms with E-state index in [0.29, 0.717) is 12.3 Å². The van der Waals surface area contributed by atoms with Crippen LogP contribution in [0.1, 0.15) is 27.9 Å². The highest BCUT2D eigenvalue weighted by Crippen LogP contribution is 2.38. The van der Waals surface area contributed by atoms with Crippen molar-refractivity contribution in [2.75, 3.05) is 40.6 Å². The summed E-state index contributed by atoms with van der Waals surface area (Å²) in [5, 5.41) is 3.54. The maximum atomic E-state index is 12.7. The van der Waals surface area contributed by atoms with Gasteiger partial charge in [0.25, 0.3) is 5.91 Å². The average molecular weight is 439 g/mol. The fraction of sp³-hybridized carbons (Fsp3) is 0.375. The maximum Gasteiger partial charge on any atom is 0.254 e. The molecular weight excluding hydrogens is 412 g/mol. The topological polar surface area (TPSA) is 51.2 Å². The molecule has 0 radical (unpaired) electrons. The van der Waals surface area contributed by atoms with Crippen molar-refractivity contribution in [2.24, 2.45) is 0 Å². The van der Waals surface area contributed by atoms with E-state index in [9.17, 15) is 4.79 Å². The number of rotatable bonds is 8. The van der Waals surface area contributed by atoms with Gasteiger partial charge in [-0.1, -0.05) is 0 Å². The van der Waals surface area contributed by atoms with Crippen LogP contribution in [-0.4, -0.2) is 56.3 Å². The van der Waals surface area contributed by atoms with Gasteiger partial charge in [-0.05, 0) is 78.7 Å². The van der Waals surface area contributed by atoms with Crippen molar-refractivity contribution in [1.82, 2.24) is 9.80 Å². The second kappa shape index (κ2) is 8.40. The second-order valence-corrected chi connectivity index (χ2v) is 9.03. The van der Waals surface area contributed by atoms with Gasteiger partial charge in [-0.3, -0.25) is 4.79 Å². The minimum atomic E-state index is 0.0923. The van der Waals surface area contributed by atoms with Crippen LogP contribution in [0.4, 0.5) is 0 Å². The zero-order valence-corrected chi connectivity index (χ0v) is 18.7. The van der Waals surface area contributed by atoms with Gasteiger partial charge in [0.2, 0.25) is 6.79 Å². The van der Waals surface area contributed by atoms with E-state index >= 15 is 0 Å². The Kier molecular flexibility index (Phi) is 5.46. The standard InChI is InChI=1S/C24H26N2O4S/c1-25(9-6-16-14-31-23-5-4-18(28-2)11-19(16)23)7-3-8-26-13-17-10-21-22(30-15-29-21)12-20(17)24(26)27/h4-5,10-12,14H,3,6-9,13,15H2,1-2H3. The van der Waals surface area contributed by atoms with E-state index in [0.717, 1.165) is 55.1 Å². The molecule has 0 spiro atoms. The van der Waals surface area contributed by atoms with Gasteiger partial charge in [0, 0.05) is 29.9 Å². The Morgan fingerprint density at radius 2 is 2.00 bits per heavy atom. The summed E-state index contributed by atoms with van der Waals surface area (Å²) in [5.74, 6) is 2.41. The lowest BCUT2D eigenvalue weighted by Crippen LogP contribution is -2.29. The lowest BCUT2D eigenvalue weighted by Gasteiger charge is -2.20. The lowest BCUT2D eigenvalue weighted by atomic mass is 10.1. The predicted octanol–water partition coefficient (Wildman–Crippen LogP) is 4.16. The van der Waals surface area contributed by atoms with Crippen molar-refractivity contribution in [3.8, 4) is 17.2 Å². The number of hydrogen-bond acceptors (Lipinski definition) is 6. The fourth-order valence-corrected chi connectivity index (χ4v) is 5.26. The van der Waals surface area contributed by atoms with Gasteiger partial charge >= 0.3 is 0 Å². The van der Waals surface area contributed by atoms with E-state index in [4.69, 9.17) is 14.2 Å². The van der Waals surface area contributed by atoms with Crippen molar-refractivity contribution in [1.29, 1.82) is 0 Å². The number of nitrogens with zero attached hydrogens (tertiary/aromatic N) is 2. The summed E-state index contributed by atoms with van der Waals surface area (Å²) in [6.45, 7) is 3.57. The highest BCUT2D eigenvalue weighted by atomic mass is 32.1. The number of amides is 1. The molecule has 0 unspecified atom stereocenters. The van der Waals surface area contributed by atoms with Crippen molar-refractivity contribution >= 4 is 27.3 Å². The first-order valence-corrected chi connectivity index (χ1v) is 11.4. The Labute approximate surface area is 185 Å². The Morgan fingerprint density at radius 3 is 2.84 bits per heavy atom. The molecule has 0 fully saturated rings. The number of ether oxygens (including phenoxy) is 3. The number of carbonyl (C=O) groups excluding carboxylic acids is 1. The molecule has 0 saturated heterocycles. The van der Waals surface area contributed by atoms with Crippen LogP contribution < -0.4 is 14.2 Å².